The molecule has 3 atom stereocenters. The van der Waals surface area contributed by atoms with Gasteiger partial charge in [0.25, 0.3) is 0 Å². The zero-order valence-electron chi connectivity index (χ0n) is 14.5. The summed E-state index contributed by atoms with van der Waals surface area (Å²) in [5, 5.41) is 3.10. The fourth-order valence-electron chi connectivity index (χ4n) is 3.15. The molecule has 1 aromatic heterocycles. The summed E-state index contributed by atoms with van der Waals surface area (Å²) in [5.41, 5.74) is 1.12. The SMILES string of the molecule is CCC(c1ccncc1)N(C)C(=O)NC(C)CCC1CCCO1. The van der Waals surface area contributed by atoms with Gasteiger partial charge >= 0.3 is 6.03 Å². The van der Waals surface area contributed by atoms with Crippen molar-refractivity contribution in [2.75, 3.05) is 13.7 Å². The number of amides is 2. The van der Waals surface area contributed by atoms with Gasteiger partial charge in [-0.15, -0.1) is 0 Å². The lowest BCUT2D eigenvalue weighted by molar-refractivity contribution is 0.0998. The van der Waals surface area contributed by atoms with E-state index >= 15 is 0 Å². The molecule has 2 heterocycles. The molecule has 0 spiro atoms. The second-order valence-electron chi connectivity index (χ2n) is 6.38. The number of rotatable bonds is 7. The fraction of sp³-hybridized carbons (Fsp3) is 0.667. The lowest BCUT2D eigenvalue weighted by Gasteiger charge is -2.29. The first-order valence-corrected chi connectivity index (χ1v) is 8.66. The number of ether oxygens (including phenoxy) is 1. The number of urea groups is 1. The third kappa shape index (κ3) is 5.20. The Kier molecular flexibility index (Phi) is 6.84. The zero-order chi connectivity index (χ0) is 16.7. The molecule has 0 aromatic carbocycles. The van der Waals surface area contributed by atoms with Gasteiger partial charge in [-0.1, -0.05) is 6.92 Å². The highest BCUT2D eigenvalue weighted by Gasteiger charge is 2.22. The summed E-state index contributed by atoms with van der Waals surface area (Å²) < 4.78 is 5.64. The van der Waals surface area contributed by atoms with Crippen molar-refractivity contribution in [1.82, 2.24) is 15.2 Å². The Bertz CT molecular complexity index is 474. The van der Waals surface area contributed by atoms with E-state index in [0.29, 0.717) is 6.10 Å². The Morgan fingerprint density at radius 1 is 1.48 bits per heavy atom. The normalized spacial score (nSPS) is 20.0. The van der Waals surface area contributed by atoms with Crippen molar-refractivity contribution in [2.45, 2.75) is 64.1 Å². The first-order valence-electron chi connectivity index (χ1n) is 8.66. The molecule has 2 amide bonds. The molecular weight excluding hydrogens is 290 g/mol. The maximum Gasteiger partial charge on any atom is 0.317 e. The number of carbonyl (C=O) groups is 1. The topological polar surface area (TPSA) is 54.5 Å². The summed E-state index contributed by atoms with van der Waals surface area (Å²) in [5.74, 6) is 0. The predicted molar refractivity (Wildman–Crippen MR) is 91.2 cm³/mol. The van der Waals surface area contributed by atoms with Gasteiger partial charge in [-0.3, -0.25) is 4.98 Å². The molecule has 128 valence electrons. The smallest absolute Gasteiger partial charge is 0.317 e. The van der Waals surface area contributed by atoms with Crippen LogP contribution in [-0.2, 0) is 4.74 Å². The Morgan fingerprint density at radius 3 is 2.83 bits per heavy atom. The number of carbonyl (C=O) groups excluding carboxylic acids is 1. The summed E-state index contributed by atoms with van der Waals surface area (Å²) in [6, 6.07) is 4.15. The van der Waals surface area contributed by atoms with Crippen LogP contribution in [0, 0.1) is 0 Å². The van der Waals surface area contributed by atoms with Crippen LogP contribution in [0.15, 0.2) is 24.5 Å². The van der Waals surface area contributed by atoms with Crippen LogP contribution in [0.5, 0.6) is 0 Å². The average molecular weight is 319 g/mol. The number of nitrogens with one attached hydrogen (secondary N) is 1. The number of aromatic nitrogens is 1. The number of nitrogens with zero attached hydrogens (tertiary/aromatic N) is 2. The molecule has 23 heavy (non-hydrogen) atoms. The zero-order valence-corrected chi connectivity index (χ0v) is 14.5. The lowest BCUT2D eigenvalue weighted by Crippen LogP contribution is -2.43. The summed E-state index contributed by atoms with van der Waals surface area (Å²) >= 11 is 0. The van der Waals surface area contributed by atoms with E-state index in [0.717, 1.165) is 44.3 Å². The second-order valence-corrected chi connectivity index (χ2v) is 6.38. The largest absolute Gasteiger partial charge is 0.378 e. The van der Waals surface area contributed by atoms with Crippen LogP contribution in [0.25, 0.3) is 0 Å². The Hall–Kier alpha value is -1.62. The van der Waals surface area contributed by atoms with Crippen LogP contribution >= 0.6 is 0 Å². The van der Waals surface area contributed by atoms with E-state index in [-0.39, 0.29) is 18.1 Å². The predicted octanol–water partition coefficient (Wildman–Crippen LogP) is 3.52. The van der Waals surface area contributed by atoms with Crippen molar-refractivity contribution >= 4 is 6.03 Å². The third-order valence-corrected chi connectivity index (χ3v) is 4.58. The van der Waals surface area contributed by atoms with E-state index in [4.69, 9.17) is 4.74 Å². The lowest BCUT2D eigenvalue weighted by atomic mass is 10.0. The minimum absolute atomic E-state index is 0.0199. The molecule has 5 nitrogen and oxygen atoms in total. The highest BCUT2D eigenvalue weighted by atomic mass is 16.5. The molecule has 1 fully saturated rings. The van der Waals surface area contributed by atoms with Gasteiger partial charge in [0.2, 0.25) is 0 Å². The van der Waals surface area contributed by atoms with Gasteiger partial charge in [0.15, 0.2) is 0 Å². The second kappa shape index (κ2) is 8.87. The van der Waals surface area contributed by atoms with E-state index in [9.17, 15) is 4.79 Å². The van der Waals surface area contributed by atoms with E-state index in [2.05, 4.69) is 24.1 Å². The van der Waals surface area contributed by atoms with Gasteiger partial charge in [-0.05, 0) is 56.7 Å². The summed E-state index contributed by atoms with van der Waals surface area (Å²) in [6.07, 6.45) is 9.09. The van der Waals surface area contributed by atoms with Crippen LogP contribution in [0.3, 0.4) is 0 Å². The van der Waals surface area contributed by atoms with Crippen LogP contribution in [0.1, 0.15) is 57.6 Å². The molecule has 1 aromatic rings. The Balaban J connectivity index is 1.82. The van der Waals surface area contributed by atoms with E-state index in [1.807, 2.05) is 19.2 Å². The van der Waals surface area contributed by atoms with E-state index < -0.39 is 0 Å². The summed E-state index contributed by atoms with van der Waals surface area (Å²) in [7, 11) is 1.86. The van der Waals surface area contributed by atoms with Gasteiger partial charge in [0.1, 0.15) is 0 Å². The molecule has 3 unspecified atom stereocenters. The standard InChI is InChI=1S/C18H29N3O2/c1-4-17(15-9-11-19-12-10-15)21(3)18(22)20-14(2)7-8-16-6-5-13-23-16/h9-12,14,16-17H,4-8,13H2,1-3H3,(H,20,22). The fourth-order valence-corrected chi connectivity index (χ4v) is 3.15. The van der Waals surface area contributed by atoms with Gasteiger partial charge in [-0.2, -0.15) is 0 Å². The Labute approximate surface area is 139 Å². The minimum atomic E-state index is -0.0199. The highest BCUT2D eigenvalue weighted by molar-refractivity contribution is 5.74. The molecular formula is C18H29N3O2. The van der Waals surface area contributed by atoms with Gasteiger partial charge in [0.05, 0.1) is 12.1 Å². The van der Waals surface area contributed by atoms with Gasteiger partial charge < -0.3 is 15.0 Å². The summed E-state index contributed by atoms with van der Waals surface area (Å²) in [4.78, 5) is 18.3. The van der Waals surface area contributed by atoms with Crippen molar-refractivity contribution < 1.29 is 9.53 Å². The third-order valence-electron chi connectivity index (χ3n) is 4.58. The molecule has 1 aliphatic heterocycles. The molecule has 1 N–H and O–H groups in total. The van der Waals surface area contributed by atoms with Gasteiger partial charge in [-0.25, -0.2) is 4.79 Å². The molecule has 1 saturated heterocycles. The van der Waals surface area contributed by atoms with E-state index in [1.165, 1.54) is 0 Å². The average Bonchev–Trinajstić information content (AvgIpc) is 3.08. The van der Waals surface area contributed by atoms with E-state index in [1.54, 1.807) is 17.3 Å². The van der Waals surface area contributed by atoms with Crippen molar-refractivity contribution in [3.63, 3.8) is 0 Å². The van der Waals surface area contributed by atoms with Crippen molar-refractivity contribution in [3.8, 4) is 0 Å². The number of pyridine rings is 1. The minimum Gasteiger partial charge on any atom is -0.378 e. The molecule has 0 saturated carbocycles. The molecule has 0 aliphatic carbocycles. The highest BCUT2D eigenvalue weighted by Crippen LogP contribution is 2.22. The van der Waals surface area contributed by atoms with Gasteiger partial charge in [0, 0.05) is 32.1 Å². The monoisotopic (exact) mass is 319 g/mol. The van der Waals surface area contributed by atoms with Crippen molar-refractivity contribution in [2.24, 2.45) is 0 Å². The van der Waals surface area contributed by atoms with Crippen LogP contribution in [0.4, 0.5) is 4.79 Å². The molecule has 0 bridgehead atoms. The van der Waals surface area contributed by atoms with Crippen molar-refractivity contribution in [1.29, 1.82) is 0 Å². The van der Waals surface area contributed by atoms with Crippen molar-refractivity contribution in [3.05, 3.63) is 30.1 Å². The number of hydrogen-bond donors (Lipinski definition) is 1. The first kappa shape index (κ1) is 17.7. The van der Waals surface area contributed by atoms with Crippen LogP contribution in [0.2, 0.25) is 0 Å². The van der Waals surface area contributed by atoms with Crippen LogP contribution in [-0.4, -0.2) is 41.7 Å². The quantitative estimate of drug-likeness (QED) is 0.836. The molecule has 2 rings (SSSR count). The molecule has 0 radical (unpaired) electrons. The first-order chi connectivity index (χ1) is 11.1. The molecule has 1 aliphatic rings. The molecule has 5 heteroatoms. The Morgan fingerprint density at radius 2 is 2.22 bits per heavy atom. The summed E-state index contributed by atoms with van der Waals surface area (Å²) in [6.45, 7) is 5.04. The van der Waals surface area contributed by atoms with Crippen LogP contribution < -0.4 is 5.32 Å². The maximum atomic E-state index is 12.5. The number of hydrogen-bond acceptors (Lipinski definition) is 3. The maximum absolute atomic E-state index is 12.5.